The van der Waals surface area contributed by atoms with E-state index < -0.39 is 11.6 Å². The van der Waals surface area contributed by atoms with Crippen molar-refractivity contribution in [2.24, 2.45) is 0 Å². The second-order valence-corrected chi connectivity index (χ2v) is 4.27. The van der Waals surface area contributed by atoms with Gasteiger partial charge in [0.1, 0.15) is 11.6 Å². The van der Waals surface area contributed by atoms with E-state index in [4.69, 9.17) is 4.74 Å². The summed E-state index contributed by atoms with van der Waals surface area (Å²) in [6.07, 6.45) is 0.387. The molecule has 1 aromatic carbocycles. The largest absolute Gasteiger partial charge is 0.377 e. The molecule has 0 radical (unpaired) electrons. The highest BCUT2D eigenvalue weighted by Gasteiger charge is 2.15. The van der Waals surface area contributed by atoms with Gasteiger partial charge in [0.05, 0.1) is 12.7 Å². The van der Waals surface area contributed by atoms with Crippen molar-refractivity contribution >= 4 is 0 Å². The molecule has 4 heteroatoms. The Morgan fingerprint density at radius 2 is 1.82 bits per heavy atom. The van der Waals surface area contributed by atoms with Gasteiger partial charge in [-0.2, -0.15) is 0 Å². The minimum Gasteiger partial charge on any atom is -0.377 e. The van der Waals surface area contributed by atoms with Crippen LogP contribution in [0.4, 0.5) is 8.78 Å². The number of ether oxygens (including phenoxy) is 1. The van der Waals surface area contributed by atoms with E-state index in [0.717, 1.165) is 0 Å². The SMILES string of the molecule is CNC(COC(C)C)Cc1c(F)cccc1F. The number of hydrogen-bond acceptors (Lipinski definition) is 2. The number of halogens is 2. The monoisotopic (exact) mass is 243 g/mol. The molecule has 1 unspecified atom stereocenters. The third-order valence-corrected chi connectivity index (χ3v) is 2.55. The summed E-state index contributed by atoms with van der Waals surface area (Å²) in [6, 6.07) is 3.82. The number of likely N-dealkylation sites (N-methyl/N-ethyl adjacent to an activating group) is 1. The molecule has 0 amide bonds. The predicted molar refractivity (Wildman–Crippen MR) is 64.0 cm³/mol. The minimum atomic E-state index is -0.505. The number of hydrogen-bond donors (Lipinski definition) is 1. The summed E-state index contributed by atoms with van der Waals surface area (Å²) in [5.74, 6) is -1.01. The molecule has 0 saturated carbocycles. The van der Waals surface area contributed by atoms with Gasteiger partial charge >= 0.3 is 0 Å². The molecule has 0 aromatic heterocycles. The van der Waals surface area contributed by atoms with Crippen LogP contribution < -0.4 is 5.32 Å². The molecular weight excluding hydrogens is 224 g/mol. The zero-order chi connectivity index (χ0) is 12.8. The maximum Gasteiger partial charge on any atom is 0.129 e. The Labute approximate surface area is 101 Å². The zero-order valence-electron chi connectivity index (χ0n) is 10.5. The van der Waals surface area contributed by atoms with Crippen LogP contribution in [0.15, 0.2) is 18.2 Å². The second-order valence-electron chi connectivity index (χ2n) is 4.27. The van der Waals surface area contributed by atoms with Crippen LogP contribution in [0.2, 0.25) is 0 Å². The third kappa shape index (κ3) is 4.40. The first-order valence-electron chi connectivity index (χ1n) is 5.76. The first-order chi connectivity index (χ1) is 8.04. The van der Waals surface area contributed by atoms with E-state index in [2.05, 4.69) is 5.32 Å². The van der Waals surface area contributed by atoms with Crippen LogP contribution in [0.1, 0.15) is 19.4 Å². The van der Waals surface area contributed by atoms with Gasteiger partial charge in [-0.25, -0.2) is 8.78 Å². The van der Waals surface area contributed by atoms with Gasteiger partial charge < -0.3 is 10.1 Å². The topological polar surface area (TPSA) is 21.3 Å². The molecule has 1 rings (SSSR count). The highest BCUT2D eigenvalue weighted by atomic mass is 19.1. The quantitative estimate of drug-likeness (QED) is 0.829. The van der Waals surface area contributed by atoms with Gasteiger partial charge in [-0.05, 0) is 39.4 Å². The lowest BCUT2D eigenvalue weighted by Gasteiger charge is -2.18. The summed E-state index contributed by atoms with van der Waals surface area (Å²) in [4.78, 5) is 0. The van der Waals surface area contributed by atoms with E-state index in [9.17, 15) is 8.78 Å². The van der Waals surface area contributed by atoms with E-state index in [1.807, 2.05) is 13.8 Å². The minimum absolute atomic E-state index is 0.0937. The molecule has 0 saturated heterocycles. The lowest BCUT2D eigenvalue weighted by atomic mass is 10.1. The molecule has 1 N–H and O–H groups in total. The Kier molecular flexibility index (Phi) is 5.51. The molecule has 0 aliphatic carbocycles. The average molecular weight is 243 g/mol. The molecule has 0 aliphatic rings. The molecule has 2 nitrogen and oxygen atoms in total. The first-order valence-corrected chi connectivity index (χ1v) is 5.76. The summed E-state index contributed by atoms with van der Waals surface area (Å²) in [6.45, 7) is 4.29. The molecular formula is C13H19F2NO. The van der Waals surface area contributed by atoms with Crippen LogP contribution in [0.5, 0.6) is 0 Å². The molecule has 0 aliphatic heterocycles. The smallest absolute Gasteiger partial charge is 0.129 e. The van der Waals surface area contributed by atoms with Crippen LogP contribution in [-0.4, -0.2) is 25.8 Å². The van der Waals surface area contributed by atoms with Crippen molar-refractivity contribution in [3.63, 3.8) is 0 Å². The van der Waals surface area contributed by atoms with Crippen LogP contribution >= 0.6 is 0 Å². The zero-order valence-corrected chi connectivity index (χ0v) is 10.5. The van der Waals surface area contributed by atoms with E-state index in [0.29, 0.717) is 6.61 Å². The first kappa shape index (κ1) is 14.1. The Balaban J connectivity index is 2.67. The van der Waals surface area contributed by atoms with E-state index in [-0.39, 0.29) is 24.1 Å². The molecule has 17 heavy (non-hydrogen) atoms. The molecule has 0 bridgehead atoms. The number of rotatable bonds is 6. The highest BCUT2D eigenvalue weighted by molar-refractivity contribution is 5.20. The van der Waals surface area contributed by atoms with Gasteiger partial charge in [0, 0.05) is 11.6 Å². The maximum absolute atomic E-state index is 13.4. The van der Waals surface area contributed by atoms with Crippen molar-refractivity contribution in [1.29, 1.82) is 0 Å². The molecule has 0 fully saturated rings. The van der Waals surface area contributed by atoms with Gasteiger partial charge in [-0.3, -0.25) is 0 Å². The third-order valence-electron chi connectivity index (χ3n) is 2.55. The summed E-state index contributed by atoms with van der Waals surface area (Å²) >= 11 is 0. The lowest BCUT2D eigenvalue weighted by Crippen LogP contribution is -2.34. The van der Waals surface area contributed by atoms with Crippen LogP contribution in [0, 0.1) is 11.6 Å². The van der Waals surface area contributed by atoms with Crippen molar-refractivity contribution in [2.75, 3.05) is 13.7 Å². The van der Waals surface area contributed by atoms with E-state index >= 15 is 0 Å². The summed E-state index contributed by atoms with van der Waals surface area (Å²) in [5.41, 5.74) is 0.110. The highest BCUT2D eigenvalue weighted by Crippen LogP contribution is 2.14. The second kappa shape index (κ2) is 6.67. The van der Waals surface area contributed by atoms with Crippen LogP contribution in [-0.2, 0) is 11.2 Å². The van der Waals surface area contributed by atoms with Crippen LogP contribution in [0.25, 0.3) is 0 Å². The maximum atomic E-state index is 13.4. The lowest BCUT2D eigenvalue weighted by molar-refractivity contribution is 0.0625. The van der Waals surface area contributed by atoms with Gasteiger partial charge in [0.2, 0.25) is 0 Å². The van der Waals surface area contributed by atoms with Crippen molar-refractivity contribution in [3.05, 3.63) is 35.4 Å². The fourth-order valence-electron chi connectivity index (χ4n) is 1.53. The summed E-state index contributed by atoms with van der Waals surface area (Å²) in [7, 11) is 1.76. The van der Waals surface area contributed by atoms with Gasteiger partial charge in [-0.1, -0.05) is 6.07 Å². The molecule has 1 atom stereocenters. The van der Waals surface area contributed by atoms with E-state index in [1.165, 1.54) is 18.2 Å². The molecule has 1 aromatic rings. The van der Waals surface area contributed by atoms with Crippen molar-refractivity contribution in [2.45, 2.75) is 32.4 Å². The summed E-state index contributed by atoms with van der Waals surface area (Å²) < 4.78 is 32.3. The molecule has 0 spiro atoms. The number of benzene rings is 1. The fraction of sp³-hybridized carbons (Fsp3) is 0.538. The Hall–Kier alpha value is -1.00. The Bertz CT molecular complexity index is 335. The molecule has 0 heterocycles. The fourth-order valence-corrected chi connectivity index (χ4v) is 1.53. The van der Waals surface area contributed by atoms with Gasteiger partial charge in [0.25, 0.3) is 0 Å². The van der Waals surface area contributed by atoms with Gasteiger partial charge in [0.15, 0.2) is 0 Å². The van der Waals surface area contributed by atoms with Gasteiger partial charge in [-0.15, -0.1) is 0 Å². The standard InChI is InChI=1S/C13H19F2NO/c1-9(2)17-8-10(16-3)7-11-12(14)5-4-6-13(11)15/h4-6,9-10,16H,7-8H2,1-3H3. The van der Waals surface area contributed by atoms with Crippen molar-refractivity contribution in [3.8, 4) is 0 Å². The summed E-state index contributed by atoms with van der Waals surface area (Å²) in [5, 5.41) is 3.00. The van der Waals surface area contributed by atoms with E-state index in [1.54, 1.807) is 7.05 Å². The normalized spacial score (nSPS) is 13.1. The molecule has 96 valence electrons. The average Bonchev–Trinajstić information content (AvgIpc) is 2.27. The predicted octanol–water partition coefficient (Wildman–Crippen LogP) is 2.52. The van der Waals surface area contributed by atoms with Crippen molar-refractivity contribution < 1.29 is 13.5 Å². The van der Waals surface area contributed by atoms with Crippen molar-refractivity contribution in [1.82, 2.24) is 5.32 Å². The number of nitrogens with one attached hydrogen (secondary N) is 1. The Morgan fingerprint density at radius 3 is 2.29 bits per heavy atom. The van der Waals surface area contributed by atoms with Crippen LogP contribution in [0.3, 0.4) is 0 Å². The Morgan fingerprint density at radius 1 is 1.24 bits per heavy atom.